The highest BCUT2D eigenvalue weighted by Crippen LogP contribution is 2.34. The van der Waals surface area contributed by atoms with Crippen LogP contribution in [0.15, 0.2) is 42.7 Å². The zero-order chi connectivity index (χ0) is 17.4. The average Bonchev–Trinajstić information content (AvgIpc) is 3.10. The Kier molecular flexibility index (Phi) is 3.95. The van der Waals surface area contributed by atoms with E-state index in [0.717, 1.165) is 5.39 Å². The third-order valence-corrected chi connectivity index (χ3v) is 4.86. The number of likely N-dealkylation sites (tertiary alicyclic amines) is 1. The van der Waals surface area contributed by atoms with Crippen LogP contribution in [0, 0.1) is 11.6 Å². The second kappa shape index (κ2) is 6.27. The Balaban J connectivity index is 1.51. The number of nitrogens with one attached hydrogen (secondary N) is 1. The zero-order valence-electron chi connectivity index (χ0n) is 13.5. The molecule has 0 aliphatic carbocycles. The molecule has 1 amide bonds. The minimum absolute atomic E-state index is 0.0542. The van der Waals surface area contributed by atoms with E-state index < -0.39 is 0 Å². The van der Waals surface area contributed by atoms with E-state index in [-0.39, 0.29) is 23.5 Å². The number of carbonyl (C=O) groups is 1. The third kappa shape index (κ3) is 2.88. The van der Waals surface area contributed by atoms with Gasteiger partial charge in [-0.2, -0.15) is 0 Å². The number of fused-ring (bicyclic) bond motifs is 1. The molecule has 0 spiro atoms. The molecule has 1 N–H and O–H groups in total. The minimum atomic E-state index is -0.362. The first kappa shape index (κ1) is 15.7. The van der Waals surface area contributed by atoms with Gasteiger partial charge >= 0.3 is 0 Å². The van der Waals surface area contributed by atoms with Gasteiger partial charge in [0.15, 0.2) is 0 Å². The largest absolute Gasteiger partial charge is 0.346 e. The van der Waals surface area contributed by atoms with E-state index in [2.05, 4.69) is 9.97 Å². The van der Waals surface area contributed by atoms with Crippen LogP contribution >= 0.6 is 0 Å². The van der Waals surface area contributed by atoms with E-state index in [1.54, 1.807) is 11.1 Å². The van der Waals surface area contributed by atoms with Gasteiger partial charge in [-0.1, -0.05) is 0 Å². The molecule has 0 saturated carbocycles. The van der Waals surface area contributed by atoms with Gasteiger partial charge < -0.3 is 9.88 Å². The molecule has 0 atom stereocenters. The summed E-state index contributed by atoms with van der Waals surface area (Å²) in [6.45, 7) is 1.10. The molecule has 2 aromatic heterocycles. The Bertz CT molecular complexity index is 912. The molecule has 1 saturated heterocycles. The maximum absolute atomic E-state index is 14.3. The van der Waals surface area contributed by atoms with Crippen molar-refractivity contribution >= 4 is 16.9 Å². The van der Waals surface area contributed by atoms with Gasteiger partial charge in [0, 0.05) is 35.8 Å². The van der Waals surface area contributed by atoms with Crippen LogP contribution in [0.2, 0.25) is 0 Å². The monoisotopic (exact) mass is 341 g/mol. The minimum Gasteiger partial charge on any atom is -0.346 e. The van der Waals surface area contributed by atoms with E-state index in [9.17, 15) is 13.6 Å². The van der Waals surface area contributed by atoms with Crippen LogP contribution in [0.1, 0.15) is 34.7 Å². The van der Waals surface area contributed by atoms with Crippen LogP contribution in [-0.4, -0.2) is 33.9 Å². The number of aromatic amines is 1. The summed E-state index contributed by atoms with van der Waals surface area (Å²) in [5.74, 6) is -0.714. The second-order valence-electron chi connectivity index (χ2n) is 6.33. The van der Waals surface area contributed by atoms with Crippen LogP contribution in [-0.2, 0) is 0 Å². The Morgan fingerprint density at radius 3 is 2.56 bits per heavy atom. The molecule has 3 heterocycles. The second-order valence-corrected chi connectivity index (χ2v) is 6.33. The van der Waals surface area contributed by atoms with Gasteiger partial charge in [0.05, 0.1) is 6.20 Å². The van der Waals surface area contributed by atoms with Gasteiger partial charge in [-0.3, -0.25) is 4.79 Å². The molecule has 0 radical (unpaired) electrons. The number of carbonyl (C=O) groups excluding carboxylic acids is 1. The number of pyridine rings is 1. The van der Waals surface area contributed by atoms with Crippen molar-refractivity contribution in [3.8, 4) is 0 Å². The summed E-state index contributed by atoms with van der Waals surface area (Å²) in [6.07, 6.45) is 4.39. The summed E-state index contributed by atoms with van der Waals surface area (Å²) < 4.78 is 27.3. The van der Waals surface area contributed by atoms with E-state index >= 15 is 0 Å². The lowest BCUT2D eigenvalue weighted by Gasteiger charge is -2.32. The number of nitrogens with zero attached hydrogens (tertiary/aromatic N) is 2. The molecular weight excluding hydrogens is 324 g/mol. The number of halogens is 2. The summed E-state index contributed by atoms with van der Waals surface area (Å²) in [5, 5.41) is 0.809. The fourth-order valence-corrected chi connectivity index (χ4v) is 3.57. The molecule has 128 valence electrons. The number of aromatic nitrogens is 2. The predicted molar refractivity (Wildman–Crippen MR) is 90.3 cm³/mol. The zero-order valence-corrected chi connectivity index (χ0v) is 13.5. The fraction of sp³-hybridized carbons (Fsp3) is 0.263. The third-order valence-electron chi connectivity index (χ3n) is 4.86. The molecule has 4 rings (SSSR count). The van der Waals surface area contributed by atoms with Crippen LogP contribution in [0.25, 0.3) is 11.0 Å². The van der Waals surface area contributed by atoms with Crippen LogP contribution in [0.4, 0.5) is 8.78 Å². The first-order valence-electron chi connectivity index (χ1n) is 8.30. The molecule has 25 heavy (non-hydrogen) atoms. The number of rotatable bonds is 2. The van der Waals surface area contributed by atoms with E-state index in [4.69, 9.17) is 0 Å². The number of amides is 1. The molecule has 0 bridgehead atoms. The molecular formula is C19H17F2N3O. The molecule has 4 nitrogen and oxygen atoms in total. The van der Waals surface area contributed by atoms with Gasteiger partial charge in [-0.05, 0) is 49.1 Å². The van der Waals surface area contributed by atoms with Gasteiger partial charge in [0.2, 0.25) is 0 Å². The number of H-pyrrole nitrogens is 1. The lowest BCUT2D eigenvalue weighted by molar-refractivity contribution is 0.0712. The van der Waals surface area contributed by atoms with Crippen LogP contribution < -0.4 is 0 Å². The van der Waals surface area contributed by atoms with Crippen LogP contribution in [0.5, 0.6) is 0 Å². The van der Waals surface area contributed by atoms with Gasteiger partial charge in [-0.15, -0.1) is 0 Å². The quantitative estimate of drug-likeness (QED) is 0.769. The normalized spacial score (nSPS) is 15.7. The topological polar surface area (TPSA) is 49.0 Å². The number of hydrogen-bond acceptors (Lipinski definition) is 2. The standard InChI is InChI=1S/C19H17F2N3O/c20-14-3-1-13(2-4-14)19(25)24-9-6-12(7-10-24)17-15-5-8-22-18(15)23-11-16(17)21/h1-5,8,11-12H,6-7,9-10H2,(H,22,23). The highest BCUT2D eigenvalue weighted by molar-refractivity contribution is 5.94. The maximum atomic E-state index is 14.3. The molecule has 1 aromatic carbocycles. The molecule has 1 fully saturated rings. The summed E-state index contributed by atoms with van der Waals surface area (Å²) in [6, 6.07) is 7.41. The number of benzene rings is 1. The van der Waals surface area contributed by atoms with Crippen molar-refractivity contribution in [2.45, 2.75) is 18.8 Å². The van der Waals surface area contributed by atoms with E-state index in [1.165, 1.54) is 30.5 Å². The van der Waals surface area contributed by atoms with E-state index in [0.29, 0.717) is 42.7 Å². The molecule has 1 aliphatic rings. The SMILES string of the molecule is O=C(c1ccc(F)cc1)N1CCC(c2c(F)cnc3[nH]ccc23)CC1. The van der Waals surface area contributed by atoms with Gasteiger partial charge in [-0.25, -0.2) is 13.8 Å². The van der Waals surface area contributed by atoms with Crippen LogP contribution in [0.3, 0.4) is 0 Å². The molecule has 0 unspecified atom stereocenters. The lowest BCUT2D eigenvalue weighted by Crippen LogP contribution is -2.38. The van der Waals surface area contributed by atoms with Crippen molar-refractivity contribution in [1.29, 1.82) is 0 Å². The maximum Gasteiger partial charge on any atom is 0.253 e. The van der Waals surface area contributed by atoms with Gasteiger partial charge in [0.25, 0.3) is 5.91 Å². The summed E-state index contributed by atoms with van der Waals surface area (Å²) in [4.78, 5) is 21.3. The Labute approximate surface area is 143 Å². The predicted octanol–water partition coefficient (Wildman–Crippen LogP) is 3.86. The Morgan fingerprint density at radius 1 is 1.12 bits per heavy atom. The highest BCUT2D eigenvalue weighted by atomic mass is 19.1. The van der Waals surface area contributed by atoms with Gasteiger partial charge in [0.1, 0.15) is 17.3 Å². The number of hydrogen-bond donors (Lipinski definition) is 1. The molecule has 3 aromatic rings. The number of piperidine rings is 1. The highest BCUT2D eigenvalue weighted by Gasteiger charge is 2.27. The van der Waals surface area contributed by atoms with Crippen molar-refractivity contribution in [3.05, 3.63) is 65.5 Å². The van der Waals surface area contributed by atoms with Crippen molar-refractivity contribution in [2.24, 2.45) is 0 Å². The molecule has 6 heteroatoms. The first-order chi connectivity index (χ1) is 12.1. The summed E-state index contributed by atoms with van der Waals surface area (Å²) in [5.41, 5.74) is 1.84. The van der Waals surface area contributed by atoms with E-state index in [1.807, 2.05) is 6.07 Å². The Morgan fingerprint density at radius 2 is 1.84 bits per heavy atom. The van der Waals surface area contributed by atoms with Crippen molar-refractivity contribution in [1.82, 2.24) is 14.9 Å². The summed E-state index contributed by atoms with van der Waals surface area (Å²) >= 11 is 0. The molecule has 1 aliphatic heterocycles. The first-order valence-corrected chi connectivity index (χ1v) is 8.30. The van der Waals surface area contributed by atoms with Crippen molar-refractivity contribution in [2.75, 3.05) is 13.1 Å². The lowest BCUT2D eigenvalue weighted by atomic mass is 9.87. The smallest absolute Gasteiger partial charge is 0.253 e. The van der Waals surface area contributed by atoms with Crippen molar-refractivity contribution in [3.63, 3.8) is 0 Å². The fourth-order valence-electron chi connectivity index (χ4n) is 3.57. The Hall–Kier alpha value is -2.76. The average molecular weight is 341 g/mol. The summed E-state index contributed by atoms with van der Waals surface area (Å²) in [7, 11) is 0. The van der Waals surface area contributed by atoms with Crippen molar-refractivity contribution < 1.29 is 13.6 Å².